The number of amides is 1. The summed E-state index contributed by atoms with van der Waals surface area (Å²) in [5.41, 5.74) is -1.05. The third-order valence-electron chi connectivity index (χ3n) is 5.76. The first-order chi connectivity index (χ1) is 12.2. The van der Waals surface area contributed by atoms with E-state index >= 15 is 0 Å². The van der Waals surface area contributed by atoms with Crippen LogP contribution >= 0.6 is 0 Å². The van der Waals surface area contributed by atoms with Gasteiger partial charge in [-0.05, 0) is 65.7 Å². The van der Waals surface area contributed by atoms with E-state index in [2.05, 4.69) is 6.58 Å². The molecular formula is C22H39NO3. The van der Waals surface area contributed by atoms with E-state index in [9.17, 15) is 9.90 Å². The zero-order valence-electron chi connectivity index (χ0n) is 17.1. The monoisotopic (exact) mass is 365 g/mol. The van der Waals surface area contributed by atoms with Crippen molar-refractivity contribution >= 4 is 6.09 Å². The van der Waals surface area contributed by atoms with Gasteiger partial charge in [0.05, 0.1) is 5.60 Å². The highest BCUT2D eigenvalue weighted by Crippen LogP contribution is 2.43. The van der Waals surface area contributed by atoms with Crippen LogP contribution in [0.3, 0.4) is 0 Å². The first kappa shape index (κ1) is 21.3. The Balaban J connectivity index is 1.73. The van der Waals surface area contributed by atoms with Gasteiger partial charge in [-0.3, -0.25) is 0 Å². The minimum Gasteiger partial charge on any atom is -0.444 e. The molecule has 2 saturated heterocycles. The van der Waals surface area contributed by atoms with E-state index in [0.29, 0.717) is 12.8 Å². The number of allylic oxidation sites excluding steroid dienone is 1. The van der Waals surface area contributed by atoms with Crippen molar-refractivity contribution in [3.8, 4) is 0 Å². The molecule has 2 aliphatic heterocycles. The molecule has 1 amide bonds. The molecule has 2 bridgehead atoms. The largest absolute Gasteiger partial charge is 0.444 e. The van der Waals surface area contributed by atoms with E-state index in [1.165, 1.54) is 32.1 Å². The van der Waals surface area contributed by atoms with Crippen molar-refractivity contribution in [2.24, 2.45) is 0 Å². The molecular weight excluding hydrogens is 326 g/mol. The molecule has 2 atom stereocenters. The number of hydrogen-bond acceptors (Lipinski definition) is 3. The lowest BCUT2D eigenvalue weighted by Gasteiger charge is -2.44. The Labute approximate surface area is 160 Å². The van der Waals surface area contributed by atoms with Crippen LogP contribution in [0.15, 0.2) is 12.7 Å². The van der Waals surface area contributed by atoms with Gasteiger partial charge in [0.25, 0.3) is 0 Å². The number of rotatable bonds is 9. The number of nitrogens with zero attached hydrogens (tertiary/aromatic N) is 1. The second-order valence-corrected chi connectivity index (χ2v) is 9.35. The fourth-order valence-electron chi connectivity index (χ4n) is 4.59. The highest BCUT2D eigenvalue weighted by Gasteiger charge is 2.49. The lowest BCUT2D eigenvalue weighted by molar-refractivity contribution is -0.0635. The summed E-state index contributed by atoms with van der Waals surface area (Å²) in [7, 11) is 0. The minimum absolute atomic E-state index is 0.146. The second-order valence-electron chi connectivity index (χ2n) is 9.35. The van der Waals surface area contributed by atoms with Gasteiger partial charge in [0.1, 0.15) is 5.60 Å². The highest BCUT2D eigenvalue weighted by molar-refractivity contribution is 5.69. The lowest BCUT2D eigenvalue weighted by atomic mass is 9.82. The predicted molar refractivity (Wildman–Crippen MR) is 106 cm³/mol. The maximum atomic E-state index is 12.5. The van der Waals surface area contributed by atoms with Crippen LogP contribution in [0.1, 0.15) is 97.8 Å². The van der Waals surface area contributed by atoms with Crippen molar-refractivity contribution in [3.05, 3.63) is 12.7 Å². The standard InChI is InChI=1S/C22H39NO3/c1-5-6-7-8-9-10-11-12-15-22(25)16-18-13-14-19(17-22)23(18)20(24)26-21(2,3)4/h5,18-19,25H,1,6-17H2,2-4H3. The van der Waals surface area contributed by atoms with Crippen LogP contribution < -0.4 is 0 Å². The van der Waals surface area contributed by atoms with Crippen molar-refractivity contribution in [2.75, 3.05) is 0 Å². The van der Waals surface area contributed by atoms with Crippen LogP contribution in [0.25, 0.3) is 0 Å². The quantitative estimate of drug-likeness (QED) is 0.428. The van der Waals surface area contributed by atoms with Gasteiger partial charge in [-0.25, -0.2) is 4.79 Å². The molecule has 0 spiro atoms. The Morgan fingerprint density at radius 2 is 1.65 bits per heavy atom. The Morgan fingerprint density at radius 3 is 2.19 bits per heavy atom. The maximum Gasteiger partial charge on any atom is 0.410 e. The van der Waals surface area contributed by atoms with E-state index in [0.717, 1.165) is 32.1 Å². The first-order valence-corrected chi connectivity index (χ1v) is 10.6. The third-order valence-corrected chi connectivity index (χ3v) is 5.76. The summed E-state index contributed by atoms with van der Waals surface area (Å²) in [6.45, 7) is 9.48. The summed E-state index contributed by atoms with van der Waals surface area (Å²) in [6.07, 6.45) is 14.5. The molecule has 0 saturated carbocycles. The second kappa shape index (κ2) is 9.25. The van der Waals surface area contributed by atoms with Gasteiger partial charge in [-0.15, -0.1) is 6.58 Å². The zero-order valence-corrected chi connectivity index (χ0v) is 17.1. The van der Waals surface area contributed by atoms with Gasteiger partial charge in [-0.2, -0.15) is 0 Å². The van der Waals surface area contributed by atoms with Crippen molar-refractivity contribution in [1.82, 2.24) is 4.90 Å². The minimum atomic E-state index is -0.590. The molecule has 2 fully saturated rings. The maximum absolute atomic E-state index is 12.5. The summed E-state index contributed by atoms with van der Waals surface area (Å²) in [5, 5.41) is 11.1. The summed E-state index contributed by atoms with van der Waals surface area (Å²) in [5.74, 6) is 0. The fourth-order valence-corrected chi connectivity index (χ4v) is 4.59. The van der Waals surface area contributed by atoms with Crippen molar-refractivity contribution in [2.45, 2.75) is 121 Å². The van der Waals surface area contributed by atoms with Crippen molar-refractivity contribution < 1.29 is 14.6 Å². The summed E-state index contributed by atoms with van der Waals surface area (Å²) in [6, 6.07) is 0.292. The summed E-state index contributed by atoms with van der Waals surface area (Å²) >= 11 is 0. The Kier molecular flexibility index (Phi) is 7.57. The average Bonchev–Trinajstić information content (AvgIpc) is 2.81. The smallest absolute Gasteiger partial charge is 0.410 e. The predicted octanol–water partition coefficient (Wildman–Crippen LogP) is 5.59. The first-order valence-electron chi connectivity index (χ1n) is 10.6. The van der Waals surface area contributed by atoms with Crippen LogP contribution in [-0.2, 0) is 4.74 Å². The molecule has 0 aromatic carbocycles. The van der Waals surface area contributed by atoms with Gasteiger partial charge in [0, 0.05) is 12.1 Å². The number of unbranched alkanes of at least 4 members (excludes halogenated alkanes) is 6. The SMILES string of the molecule is C=CCCCCCCCCC1(O)CC2CCC(C1)N2C(=O)OC(C)(C)C. The van der Waals surface area contributed by atoms with Gasteiger partial charge in [-0.1, -0.05) is 38.2 Å². The lowest BCUT2D eigenvalue weighted by Crippen LogP contribution is -2.54. The normalized spacial score (nSPS) is 28.2. The van der Waals surface area contributed by atoms with E-state index in [-0.39, 0.29) is 18.2 Å². The Bertz CT molecular complexity index is 454. The number of carbonyl (C=O) groups is 1. The van der Waals surface area contributed by atoms with Crippen molar-refractivity contribution in [1.29, 1.82) is 0 Å². The molecule has 2 aliphatic rings. The zero-order chi connectivity index (χ0) is 19.2. The van der Waals surface area contributed by atoms with Crippen LogP contribution in [0, 0.1) is 0 Å². The van der Waals surface area contributed by atoms with Crippen molar-refractivity contribution in [3.63, 3.8) is 0 Å². The summed E-state index contributed by atoms with van der Waals surface area (Å²) < 4.78 is 5.58. The third kappa shape index (κ3) is 6.29. The molecule has 4 nitrogen and oxygen atoms in total. The van der Waals surface area contributed by atoms with E-state index in [1.54, 1.807) is 0 Å². The molecule has 0 aromatic heterocycles. The molecule has 2 unspecified atom stereocenters. The molecule has 0 radical (unpaired) electrons. The summed E-state index contributed by atoms with van der Waals surface area (Å²) in [4.78, 5) is 14.4. The van der Waals surface area contributed by atoms with E-state index in [4.69, 9.17) is 4.74 Å². The Morgan fingerprint density at radius 1 is 1.12 bits per heavy atom. The number of hydrogen-bond donors (Lipinski definition) is 1. The molecule has 1 N–H and O–H groups in total. The molecule has 4 heteroatoms. The van der Waals surface area contributed by atoms with Crippen LogP contribution in [0.5, 0.6) is 0 Å². The van der Waals surface area contributed by atoms with E-state index < -0.39 is 11.2 Å². The fraction of sp³-hybridized carbons (Fsp3) is 0.864. The van der Waals surface area contributed by atoms with Gasteiger partial charge in [0.15, 0.2) is 0 Å². The number of aliphatic hydroxyl groups is 1. The highest BCUT2D eigenvalue weighted by atomic mass is 16.6. The number of ether oxygens (including phenoxy) is 1. The average molecular weight is 366 g/mol. The molecule has 150 valence electrons. The van der Waals surface area contributed by atoms with E-state index in [1.807, 2.05) is 31.7 Å². The van der Waals surface area contributed by atoms with Gasteiger partial charge < -0.3 is 14.7 Å². The molecule has 0 aromatic rings. The van der Waals surface area contributed by atoms with Gasteiger partial charge in [0.2, 0.25) is 0 Å². The number of fused-ring (bicyclic) bond motifs is 2. The Hall–Kier alpha value is -1.03. The topological polar surface area (TPSA) is 49.8 Å². The number of carbonyl (C=O) groups excluding carboxylic acids is 1. The molecule has 0 aliphatic carbocycles. The number of piperidine rings is 1. The van der Waals surface area contributed by atoms with Gasteiger partial charge >= 0.3 is 6.09 Å². The van der Waals surface area contributed by atoms with Crippen LogP contribution in [0.4, 0.5) is 4.79 Å². The molecule has 2 heterocycles. The molecule has 2 rings (SSSR count). The van der Waals surface area contributed by atoms with Crippen LogP contribution in [-0.4, -0.2) is 39.4 Å². The molecule has 26 heavy (non-hydrogen) atoms. The van der Waals surface area contributed by atoms with Crippen LogP contribution in [0.2, 0.25) is 0 Å².